The Morgan fingerprint density at radius 1 is 1.20 bits per heavy atom. The molecule has 20 heavy (non-hydrogen) atoms. The minimum Gasteiger partial charge on any atom is -0.381 e. The molecule has 3 heteroatoms. The zero-order chi connectivity index (χ0) is 13.8. The molecule has 2 aliphatic rings. The molecule has 0 unspecified atom stereocenters. The molecule has 2 fully saturated rings. The average Bonchev–Trinajstić information content (AvgIpc) is 2.91. The summed E-state index contributed by atoms with van der Waals surface area (Å²) in [5.41, 5.74) is 1.32. The largest absolute Gasteiger partial charge is 0.381 e. The summed E-state index contributed by atoms with van der Waals surface area (Å²) in [4.78, 5) is 1.43. The molecule has 2 aliphatic carbocycles. The molecule has 0 heterocycles. The van der Waals surface area contributed by atoms with E-state index in [1.165, 1.54) is 36.3 Å². The maximum atomic E-state index is 5.64. The van der Waals surface area contributed by atoms with Gasteiger partial charge in [-0.2, -0.15) is 0 Å². The minimum atomic E-state index is 0.479. The van der Waals surface area contributed by atoms with E-state index in [4.69, 9.17) is 4.74 Å². The fourth-order valence-electron chi connectivity index (χ4n) is 3.15. The molecule has 0 aliphatic heterocycles. The van der Waals surface area contributed by atoms with Crippen LogP contribution in [0.1, 0.15) is 45.4 Å². The summed E-state index contributed by atoms with van der Waals surface area (Å²) in [5, 5.41) is 4.54. The van der Waals surface area contributed by atoms with Crippen LogP contribution in [0.3, 0.4) is 0 Å². The first-order chi connectivity index (χ1) is 9.85. The zero-order valence-electron chi connectivity index (χ0n) is 12.3. The van der Waals surface area contributed by atoms with Crippen molar-refractivity contribution in [1.82, 2.24) is 0 Å². The van der Waals surface area contributed by atoms with Crippen LogP contribution in [0, 0.1) is 0 Å². The number of anilines is 1. The van der Waals surface area contributed by atoms with Crippen LogP contribution in [0.4, 0.5) is 5.69 Å². The number of rotatable bonds is 6. The molecule has 0 amide bonds. The second kappa shape index (κ2) is 6.86. The lowest BCUT2D eigenvalue weighted by Crippen LogP contribution is -2.40. The monoisotopic (exact) mass is 291 g/mol. The molecule has 2 saturated carbocycles. The molecule has 1 aromatic rings. The molecular formula is C17H25NOS. The van der Waals surface area contributed by atoms with Crippen LogP contribution in [0.25, 0.3) is 0 Å². The van der Waals surface area contributed by atoms with Gasteiger partial charge in [-0.25, -0.2) is 0 Å². The van der Waals surface area contributed by atoms with Crippen molar-refractivity contribution >= 4 is 17.4 Å². The molecular weight excluding hydrogens is 266 g/mol. The molecule has 1 aromatic carbocycles. The number of hydrogen-bond acceptors (Lipinski definition) is 3. The first kappa shape index (κ1) is 14.3. The van der Waals surface area contributed by atoms with E-state index in [9.17, 15) is 0 Å². The molecule has 110 valence electrons. The van der Waals surface area contributed by atoms with Crippen molar-refractivity contribution in [3.63, 3.8) is 0 Å². The molecule has 2 nitrogen and oxygen atoms in total. The van der Waals surface area contributed by atoms with Gasteiger partial charge >= 0.3 is 0 Å². The third-order valence-electron chi connectivity index (χ3n) is 4.34. The molecule has 0 spiro atoms. The highest BCUT2D eigenvalue weighted by atomic mass is 32.2. The summed E-state index contributed by atoms with van der Waals surface area (Å²) in [6.07, 6.45) is 8.36. The van der Waals surface area contributed by atoms with Crippen molar-refractivity contribution in [1.29, 1.82) is 0 Å². The maximum Gasteiger partial charge on any atom is 0.0614 e. The summed E-state index contributed by atoms with van der Waals surface area (Å²) in [7, 11) is 0. The van der Waals surface area contributed by atoms with Crippen molar-refractivity contribution in [3.05, 3.63) is 24.3 Å². The van der Waals surface area contributed by atoms with Crippen LogP contribution in [-0.2, 0) is 4.74 Å². The van der Waals surface area contributed by atoms with Crippen molar-refractivity contribution in [2.24, 2.45) is 0 Å². The topological polar surface area (TPSA) is 21.3 Å². The SMILES string of the molecule is CCOC1CC(Nc2ccccc2SC2CCCC2)C1. The van der Waals surface area contributed by atoms with Gasteiger partial charge in [-0.1, -0.05) is 25.0 Å². The van der Waals surface area contributed by atoms with Gasteiger partial charge in [-0.05, 0) is 44.7 Å². The van der Waals surface area contributed by atoms with E-state index in [1.807, 2.05) is 0 Å². The van der Waals surface area contributed by atoms with Gasteiger partial charge in [0.05, 0.1) is 6.10 Å². The van der Waals surface area contributed by atoms with Gasteiger partial charge in [0.15, 0.2) is 0 Å². The third-order valence-corrected chi connectivity index (χ3v) is 5.75. The van der Waals surface area contributed by atoms with Crippen LogP contribution in [0.15, 0.2) is 29.2 Å². The van der Waals surface area contributed by atoms with E-state index in [0.717, 1.165) is 24.7 Å². The van der Waals surface area contributed by atoms with Gasteiger partial charge in [0.25, 0.3) is 0 Å². The second-order valence-corrected chi connectivity index (χ2v) is 7.25. The summed E-state index contributed by atoms with van der Waals surface area (Å²) in [6, 6.07) is 9.39. The number of thioether (sulfide) groups is 1. The molecule has 0 saturated heterocycles. The smallest absolute Gasteiger partial charge is 0.0614 e. The summed E-state index contributed by atoms with van der Waals surface area (Å²) < 4.78 is 5.64. The summed E-state index contributed by atoms with van der Waals surface area (Å²) in [5.74, 6) is 0. The van der Waals surface area contributed by atoms with Crippen LogP contribution >= 0.6 is 11.8 Å². The molecule has 1 N–H and O–H groups in total. The fourth-order valence-corrected chi connectivity index (χ4v) is 4.49. The minimum absolute atomic E-state index is 0.479. The molecule has 3 rings (SSSR count). The quantitative estimate of drug-likeness (QED) is 0.821. The number of hydrogen-bond donors (Lipinski definition) is 1. The lowest BCUT2D eigenvalue weighted by Gasteiger charge is -2.36. The Balaban J connectivity index is 1.56. The fraction of sp³-hybridized carbons (Fsp3) is 0.647. The van der Waals surface area contributed by atoms with Gasteiger partial charge in [0.1, 0.15) is 0 Å². The molecule has 0 atom stereocenters. The summed E-state index contributed by atoms with van der Waals surface area (Å²) in [6.45, 7) is 2.92. The zero-order valence-corrected chi connectivity index (χ0v) is 13.1. The first-order valence-electron chi connectivity index (χ1n) is 7.99. The number of nitrogens with one attached hydrogen (secondary N) is 1. The van der Waals surface area contributed by atoms with Crippen LogP contribution in [0.5, 0.6) is 0 Å². The lowest BCUT2D eigenvalue weighted by molar-refractivity contribution is 0.00295. The van der Waals surface area contributed by atoms with E-state index >= 15 is 0 Å². The third kappa shape index (κ3) is 3.50. The molecule has 0 aromatic heterocycles. The van der Waals surface area contributed by atoms with E-state index in [-0.39, 0.29) is 0 Å². The highest BCUT2D eigenvalue weighted by Crippen LogP contribution is 2.39. The van der Waals surface area contributed by atoms with Crippen LogP contribution < -0.4 is 5.32 Å². The van der Waals surface area contributed by atoms with E-state index in [2.05, 4.69) is 48.3 Å². The molecule has 0 radical (unpaired) electrons. The van der Waals surface area contributed by atoms with Gasteiger partial charge in [-0.15, -0.1) is 11.8 Å². The van der Waals surface area contributed by atoms with Crippen molar-refractivity contribution < 1.29 is 4.74 Å². The van der Waals surface area contributed by atoms with E-state index in [1.54, 1.807) is 0 Å². The highest BCUT2D eigenvalue weighted by molar-refractivity contribution is 8.00. The normalized spacial score (nSPS) is 26.4. The van der Waals surface area contributed by atoms with Crippen molar-refractivity contribution in [2.45, 2.75) is 67.7 Å². The highest BCUT2D eigenvalue weighted by Gasteiger charge is 2.30. The van der Waals surface area contributed by atoms with Crippen molar-refractivity contribution in [2.75, 3.05) is 11.9 Å². The predicted octanol–water partition coefficient (Wildman–Crippen LogP) is 4.70. The van der Waals surface area contributed by atoms with E-state index < -0.39 is 0 Å². The Morgan fingerprint density at radius 2 is 1.95 bits per heavy atom. The number of para-hydroxylation sites is 1. The Morgan fingerprint density at radius 3 is 2.70 bits per heavy atom. The molecule has 0 bridgehead atoms. The van der Waals surface area contributed by atoms with Gasteiger partial charge in [-0.3, -0.25) is 0 Å². The Hall–Kier alpha value is -0.670. The Bertz CT molecular complexity index is 425. The maximum absolute atomic E-state index is 5.64. The van der Waals surface area contributed by atoms with Gasteiger partial charge in [0.2, 0.25) is 0 Å². The standard InChI is InChI=1S/C17H25NOS/c1-2-19-14-11-13(12-14)18-16-9-5-6-10-17(16)20-15-7-3-4-8-15/h5-6,9-10,13-15,18H,2-4,7-8,11-12H2,1H3. The predicted molar refractivity (Wildman–Crippen MR) is 86.6 cm³/mol. The number of ether oxygens (including phenoxy) is 1. The van der Waals surface area contributed by atoms with Crippen LogP contribution in [-0.4, -0.2) is 24.0 Å². The van der Waals surface area contributed by atoms with E-state index in [0.29, 0.717) is 12.1 Å². The second-order valence-electron chi connectivity index (χ2n) is 5.91. The first-order valence-corrected chi connectivity index (χ1v) is 8.87. The average molecular weight is 291 g/mol. The number of benzene rings is 1. The summed E-state index contributed by atoms with van der Waals surface area (Å²) >= 11 is 2.07. The Kier molecular flexibility index (Phi) is 4.90. The van der Waals surface area contributed by atoms with Crippen LogP contribution in [0.2, 0.25) is 0 Å². The lowest BCUT2D eigenvalue weighted by atomic mass is 9.89. The van der Waals surface area contributed by atoms with Gasteiger partial charge in [0, 0.05) is 28.5 Å². The van der Waals surface area contributed by atoms with Crippen molar-refractivity contribution in [3.8, 4) is 0 Å². The van der Waals surface area contributed by atoms with Gasteiger partial charge < -0.3 is 10.1 Å². The Labute approximate surface area is 126 Å².